The van der Waals surface area contributed by atoms with Gasteiger partial charge in [0.1, 0.15) is 5.82 Å². The molecular weight excluding hydrogens is 501 g/mol. The molecule has 2 heterocycles. The van der Waals surface area contributed by atoms with Crippen LogP contribution in [-0.4, -0.2) is 55.7 Å². The topological polar surface area (TPSA) is 53.0 Å². The summed E-state index contributed by atoms with van der Waals surface area (Å²) in [5.74, 6) is 2.53. The van der Waals surface area contributed by atoms with E-state index in [0.717, 1.165) is 63.1 Å². The number of halogens is 1. The Balaban J connectivity index is 0.00000341. The minimum Gasteiger partial charge on any atom is -0.376 e. The molecule has 1 aromatic carbocycles. The molecule has 0 aliphatic carbocycles. The SMILES string of the molecule is CCN(CC)c1ccc(CNC(=NC)N2CCC(COCc3ccccc3)C2)cn1.I. The van der Waals surface area contributed by atoms with E-state index in [0.29, 0.717) is 12.5 Å². The number of ether oxygens (including phenoxy) is 1. The standard InChI is InChI=1S/C24H35N5O.HI/c1-4-28(5-2)23-12-11-21(15-26-23)16-27-24(25-3)29-14-13-22(17-29)19-30-18-20-9-7-6-8-10-20;/h6-12,15,22H,4-5,13-14,16-19H2,1-3H3,(H,25,27);1H. The molecule has 0 bridgehead atoms. The first kappa shape index (κ1) is 25.4. The number of aromatic nitrogens is 1. The number of hydrogen-bond donors (Lipinski definition) is 1. The Morgan fingerprint density at radius 3 is 2.58 bits per heavy atom. The number of rotatable bonds is 9. The van der Waals surface area contributed by atoms with Crippen molar-refractivity contribution in [1.82, 2.24) is 15.2 Å². The van der Waals surface area contributed by atoms with Crippen molar-refractivity contribution < 1.29 is 4.74 Å². The first-order valence-electron chi connectivity index (χ1n) is 11.0. The molecule has 1 aliphatic heterocycles. The summed E-state index contributed by atoms with van der Waals surface area (Å²) in [7, 11) is 1.85. The second-order valence-corrected chi connectivity index (χ2v) is 7.70. The van der Waals surface area contributed by atoms with Crippen LogP contribution in [0.4, 0.5) is 5.82 Å². The molecule has 7 heteroatoms. The predicted octanol–water partition coefficient (Wildman–Crippen LogP) is 4.16. The van der Waals surface area contributed by atoms with Gasteiger partial charge in [0.2, 0.25) is 0 Å². The Morgan fingerprint density at radius 1 is 1.16 bits per heavy atom. The number of pyridine rings is 1. The molecule has 1 atom stereocenters. The second kappa shape index (κ2) is 13.5. The summed E-state index contributed by atoms with van der Waals surface area (Å²) in [5, 5.41) is 3.49. The average molecular weight is 537 g/mol. The van der Waals surface area contributed by atoms with Crippen LogP contribution in [-0.2, 0) is 17.9 Å². The third kappa shape index (κ3) is 7.64. The van der Waals surface area contributed by atoms with Crippen LogP contribution in [0.5, 0.6) is 0 Å². The fourth-order valence-corrected chi connectivity index (χ4v) is 3.85. The molecule has 0 amide bonds. The van der Waals surface area contributed by atoms with Crippen LogP contribution in [0.25, 0.3) is 0 Å². The summed E-state index contributed by atoms with van der Waals surface area (Å²) < 4.78 is 5.94. The summed E-state index contributed by atoms with van der Waals surface area (Å²) in [6.45, 7) is 10.4. The maximum absolute atomic E-state index is 5.94. The number of nitrogens with zero attached hydrogens (tertiary/aromatic N) is 4. The van der Waals surface area contributed by atoms with Gasteiger partial charge in [-0.3, -0.25) is 4.99 Å². The Bertz CT molecular complexity index is 780. The van der Waals surface area contributed by atoms with Crippen LogP contribution in [0, 0.1) is 5.92 Å². The molecule has 1 N–H and O–H groups in total. The Hall–Kier alpha value is -1.87. The lowest BCUT2D eigenvalue weighted by Gasteiger charge is -2.22. The van der Waals surface area contributed by atoms with E-state index in [2.05, 4.69) is 75.3 Å². The zero-order valence-corrected chi connectivity index (χ0v) is 21.3. The zero-order valence-electron chi connectivity index (χ0n) is 19.0. The van der Waals surface area contributed by atoms with Crippen LogP contribution < -0.4 is 10.2 Å². The highest BCUT2D eigenvalue weighted by Crippen LogP contribution is 2.18. The molecule has 0 saturated carbocycles. The highest BCUT2D eigenvalue weighted by molar-refractivity contribution is 14.0. The van der Waals surface area contributed by atoms with E-state index < -0.39 is 0 Å². The quantitative estimate of drug-likeness (QED) is 0.296. The smallest absolute Gasteiger partial charge is 0.193 e. The molecule has 6 nitrogen and oxygen atoms in total. The number of benzene rings is 1. The van der Waals surface area contributed by atoms with Crippen molar-refractivity contribution in [3.8, 4) is 0 Å². The van der Waals surface area contributed by atoms with Gasteiger partial charge < -0.3 is 19.9 Å². The van der Waals surface area contributed by atoms with Gasteiger partial charge in [-0.1, -0.05) is 36.4 Å². The van der Waals surface area contributed by atoms with E-state index >= 15 is 0 Å². The van der Waals surface area contributed by atoms with Gasteiger partial charge in [-0.15, -0.1) is 24.0 Å². The van der Waals surface area contributed by atoms with E-state index in [4.69, 9.17) is 4.74 Å². The Morgan fingerprint density at radius 2 is 1.94 bits per heavy atom. The molecule has 0 spiro atoms. The van der Waals surface area contributed by atoms with Crippen molar-refractivity contribution in [2.24, 2.45) is 10.9 Å². The van der Waals surface area contributed by atoms with Gasteiger partial charge in [-0.05, 0) is 37.5 Å². The van der Waals surface area contributed by atoms with Gasteiger partial charge >= 0.3 is 0 Å². The molecule has 1 fully saturated rings. The van der Waals surface area contributed by atoms with Gasteiger partial charge in [0.15, 0.2) is 5.96 Å². The lowest BCUT2D eigenvalue weighted by atomic mass is 10.1. The molecule has 170 valence electrons. The summed E-state index contributed by atoms with van der Waals surface area (Å²) in [5.41, 5.74) is 2.39. The molecule has 1 unspecified atom stereocenters. The van der Waals surface area contributed by atoms with Crippen LogP contribution in [0.2, 0.25) is 0 Å². The maximum atomic E-state index is 5.94. The highest BCUT2D eigenvalue weighted by Gasteiger charge is 2.25. The van der Waals surface area contributed by atoms with Gasteiger partial charge in [0.05, 0.1) is 13.2 Å². The Kier molecular flexibility index (Phi) is 11.1. The maximum Gasteiger partial charge on any atom is 0.193 e. The van der Waals surface area contributed by atoms with Crippen LogP contribution in [0.3, 0.4) is 0 Å². The number of aliphatic imine (C=N–C) groups is 1. The van der Waals surface area contributed by atoms with Gasteiger partial charge in [0.25, 0.3) is 0 Å². The van der Waals surface area contributed by atoms with Crippen LogP contribution in [0.15, 0.2) is 53.7 Å². The molecular formula is C24H36IN5O. The summed E-state index contributed by atoms with van der Waals surface area (Å²) in [6, 6.07) is 14.6. The monoisotopic (exact) mass is 537 g/mol. The molecule has 0 radical (unpaired) electrons. The third-order valence-corrected chi connectivity index (χ3v) is 5.61. The first-order valence-corrected chi connectivity index (χ1v) is 11.0. The third-order valence-electron chi connectivity index (χ3n) is 5.61. The predicted molar refractivity (Wildman–Crippen MR) is 139 cm³/mol. The molecule has 1 saturated heterocycles. The van der Waals surface area contributed by atoms with Crippen molar-refractivity contribution in [3.63, 3.8) is 0 Å². The Labute approximate surface area is 204 Å². The molecule has 3 rings (SSSR count). The normalized spacial score (nSPS) is 16.2. The first-order chi connectivity index (χ1) is 14.7. The summed E-state index contributed by atoms with van der Waals surface area (Å²) in [4.78, 5) is 13.7. The van der Waals surface area contributed by atoms with Gasteiger partial charge in [-0.2, -0.15) is 0 Å². The number of likely N-dealkylation sites (tertiary alicyclic amines) is 1. The van der Waals surface area contributed by atoms with Crippen molar-refractivity contribution in [1.29, 1.82) is 0 Å². The number of guanidine groups is 1. The van der Waals surface area contributed by atoms with E-state index in [-0.39, 0.29) is 24.0 Å². The average Bonchev–Trinajstić information content (AvgIpc) is 3.25. The van der Waals surface area contributed by atoms with Crippen LogP contribution >= 0.6 is 24.0 Å². The number of nitrogens with one attached hydrogen (secondary N) is 1. The molecule has 1 aliphatic rings. The lowest BCUT2D eigenvalue weighted by molar-refractivity contribution is 0.0906. The van der Waals surface area contributed by atoms with Crippen molar-refractivity contribution in [2.45, 2.75) is 33.4 Å². The minimum absolute atomic E-state index is 0. The highest BCUT2D eigenvalue weighted by atomic mass is 127. The number of hydrogen-bond acceptors (Lipinski definition) is 4. The van der Waals surface area contributed by atoms with Crippen molar-refractivity contribution >= 4 is 35.8 Å². The molecule has 1 aromatic heterocycles. The fraction of sp³-hybridized carbons (Fsp3) is 0.500. The van der Waals surface area contributed by atoms with Crippen molar-refractivity contribution in [3.05, 3.63) is 59.8 Å². The molecule has 2 aromatic rings. The van der Waals surface area contributed by atoms with E-state index in [1.165, 1.54) is 5.56 Å². The largest absolute Gasteiger partial charge is 0.376 e. The van der Waals surface area contributed by atoms with Gasteiger partial charge in [-0.25, -0.2) is 4.98 Å². The number of anilines is 1. The minimum atomic E-state index is 0. The molecule has 31 heavy (non-hydrogen) atoms. The summed E-state index contributed by atoms with van der Waals surface area (Å²) in [6.07, 6.45) is 3.09. The van der Waals surface area contributed by atoms with Crippen LogP contribution in [0.1, 0.15) is 31.4 Å². The lowest BCUT2D eigenvalue weighted by Crippen LogP contribution is -2.39. The fourth-order valence-electron chi connectivity index (χ4n) is 3.85. The summed E-state index contributed by atoms with van der Waals surface area (Å²) >= 11 is 0. The van der Waals surface area contributed by atoms with Gasteiger partial charge in [0, 0.05) is 51.9 Å². The second-order valence-electron chi connectivity index (χ2n) is 7.70. The van der Waals surface area contributed by atoms with E-state index in [9.17, 15) is 0 Å². The zero-order chi connectivity index (χ0) is 21.2. The van der Waals surface area contributed by atoms with Crippen molar-refractivity contribution in [2.75, 3.05) is 44.7 Å². The van der Waals surface area contributed by atoms with E-state index in [1.807, 2.05) is 19.3 Å². The van der Waals surface area contributed by atoms with E-state index in [1.54, 1.807) is 0 Å².